The largest absolute Gasteiger partial charge is 0.491 e. The summed E-state index contributed by atoms with van der Waals surface area (Å²) in [5.41, 5.74) is 0.172. The highest BCUT2D eigenvalue weighted by Crippen LogP contribution is 2.30. The first kappa shape index (κ1) is 11.9. The molecule has 1 aromatic carbocycles. The third-order valence-electron chi connectivity index (χ3n) is 1.93. The van der Waals surface area contributed by atoms with Gasteiger partial charge >= 0.3 is 0 Å². The Morgan fingerprint density at radius 1 is 1.47 bits per heavy atom. The third kappa shape index (κ3) is 2.45. The van der Waals surface area contributed by atoms with Gasteiger partial charge in [0.2, 0.25) is 0 Å². The molecule has 0 heterocycles. The number of methoxy groups -OCH3 is 1. The van der Waals surface area contributed by atoms with Crippen LogP contribution in [0.2, 0.25) is 5.02 Å². The zero-order valence-electron chi connectivity index (χ0n) is 8.02. The Balaban J connectivity index is 3.17. The van der Waals surface area contributed by atoms with Crippen molar-refractivity contribution in [2.24, 2.45) is 0 Å². The van der Waals surface area contributed by atoms with Gasteiger partial charge in [0.1, 0.15) is 6.29 Å². The Morgan fingerprint density at radius 2 is 2.13 bits per heavy atom. The molecule has 0 N–H and O–H groups in total. The van der Waals surface area contributed by atoms with Crippen molar-refractivity contribution in [3.05, 3.63) is 28.3 Å². The van der Waals surface area contributed by atoms with E-state index in [1.165, 1.54) is 0 Å². The van der Waals surface area contributed by atoms with Crippen molar-refractivity contribution < 1.29 is 18.3 Å². The zero-order chi connectivity index (χ0) is 11.4. The van der Waals surface area contributed by atoms with Crippen LogP contribution in [0.4, 0.5) is 8.78 Å². The van der Waals surface area contributed by atoms with Gasteiger partial charge in [-0.2, -0.15) is 0 Å². The highest BCUT2D eigenvalue weighted by molar-refractivity contribution is 6.31. The number of halogens is 3. The number of carbonyl (C=O) groups excluding carboxylic acids is 1. The topological polar surface area (TPSA) is 26.3 Å². The number of ether oxygens (including phenoxy) is 1. The van der Waals surface area contributed by atoms with Crippen LogP contribution in [0, 0.1) is 11.6 Å². The first-order valence-corrected chi connectivity index (χ1v) is 4.63. The van der Waals surface area contributed by atoms with E-state index in [4.69, 9.17) is 11.6 Å². The molecule has 5 heteroatoms. The lowest BCUT2D eigenvalue weighted by atomic mass is 10.1. The van der Waals surface area contributed by atoms with E-state index < -0.39 is 17.4 Å². The van der Waals surface area contributed by atoms with Gasteiger partial charge in [-0.25, -0.2) is 8.78 Å². The molecule has 0 radical (unpaired) electrons. The summed E-state index contributed by atoms with van der Waals surface area (Å²) in [4.78, 5) is 10.1. The minimum absolute atomic E-state index is 0.155. The molecule has 15 heavy (non-hydrogen) atoms. The van der Waals surface area contributed by atoms with Crippen molar-refractivity contribution in [3.63, 3.8) is 0 Å². The van der Waals surface area contributed by atoms with E-state index in [0.717, 1.165) is 13.2 Å². The van der Waals surface area contributed by atoms with Crippen LogP contribution < -0.4 is 4.74 Å². The average Bonchev–Trinajstić information content (AvgIpc) is 2.22. The third-order valence-corrected chi connectivity index (χ3v) is 2.20. The summed E-state index contributed by atoms with van der Waals surface area (Å²) in [6.07, 6.45) is 0.983. The van der Waals surface area contributed by atoms with Gasteiger partial charge < -0.3 is 9.53 Å². The zero-order valence-corrected chi connectivity index (χ0v) is 8.78. The van der Waals surface area contributed by atoms with Gasteiger partial charge in [0.25, 0.3) is 0 Å². The molecule has 0 aliphatic rings. The van der Waals surface area contributed by atoms with Gasteiger partial charge in [0.15, 0.2) is 17.4 Å². The molecular weight excluding hydrogens is 226 g/mol. The van der Waals surface area contributed by atoms with Crippen molar-refractivity contribution in [1.29, 1.82) is 0 Å². The van der Waals surface area contributed by atoms with Crippen LogP contribution in [0.25, 0.3) is 0 Å². The van der Waals surface area contributed by atoms with Gasteiger partial charge in [-0.15, -0.1) is 0 Å². The maximum Gasteiger partial charge on any atom is 0.192 e. The van der Waals surface area contributed by atoms with Crippen molar-refractivity contribution in [1.82, 2.24) is 0 Å². The summed E-state index contributed by atoms with van der Waals surface area (Å²) < 4.78 is 31.3. The fourth-order valence-corrected chi connectivity index (χ4v) is 1.42. The van der Waals surface area contributed by atoms with E-state index in [2.05, 4.69) is 4.74 Å². The minimum Gasteiger partial charge on any atom is -0.491 e. The summed E-state index contributed by atoms with van der Waals surface area (Å²) in [7, 11) is 1.15. The molecule has 0 unspecified atom stereocenters. The number of aldehydes is 1. The van der Waals surface area contributed by atoms with Crippen LogP contribution in [0.5, 0.6) is 5.75 Å². The normalized spacial score (nSPS) is 10.1. The maximum atomic E-state index is 13.5. The number of carbonyl (C=O) groups is 1. The molecule has 0 spiro atoms. The summed E-state index contributed by atoms with van der Waals surface area (Å²) in [6.45, 7) is 0. The highest BCUT2D eigenvalue weighted by atomic mass is 35.5. The molecule has 0 aromatic heterocycles. The number of aryl methyl sites for hydroxylation is 1. The maximum absolute atomic E-state index is 13.5. The molecule has 1 aromatic rings. The molecule has 0 aliphatic carbocycles. The Morgan fingerprint density at radius 3 is 2.67 bits per heavy atom. The molecule has 2 nitrogen and oxygen atoms in total. The van der Waals surface area contributed by atoms with Gasteiger partial charge in [-0.3, -0.25) is 0 Å². The van der Waals surface area contributed by atoms with Gasteiger partial charge in [-0.1, -0.05) is 11.6 Å². The second-order valence-corrected chi connectivity index (χ2v) is 3.29. The Labute approximate surface area is 90.8 Å². The Kier molecular flexibility index (Phi) is 4.03. The van der Waals surface area contributed by atoms with E-state index in [9.17, 15) is 13.6 Å². The van der Waals surface area contributed by atoms with Crippen LogP contribution in [0.3, 0.4) is 0 Å². The average molecular weight is 235 g/mol. The van der Waals surface area contributed by atoms with Gasteiger partial charge in [0.05, 0.1) is 12.1 Å². The van der Waals surface area contributed by atoms with Crippen LogP contribution in [-0.2, 0) is 11.2 Å². The molecule has 0 bridgehead atoms. The molecule has 82 valence electrons. The van der Waals surface area contributed by atoms with E-state index in [1.807, 2.05) is 0 Å². The van der Waals surface area contributed by atoms with Crippen molar-refractivity contribution in [2.75, 3.05) is 7.11 Å². The highest BCUT2D eigenvalue weighted by Gasteiger charge is 2.17. The van der Waals surface area contributed by atoms with E-state index >= 15 is 0 Å². The van der Waals surface area contributed by atoms with Crippen LogP contribution in [0.15, 0.2) is 6.07 Å². The predicted molar refractivity (Wildman–Crippen MR) is 52.3 cm³/mol. The second-order valence-electron chi connectivity index (χ2n) is 2.88. The predicted octanol–water partition coefficient (Wildman–Crippen LogP) is 2.76. The van der Waals surface area contributed by atoms with Crippen LogP contribution in [0.1, 0.15) is 12.0 Å². The monoisotopic (exact) mass is 234 g/mol. The molecule has 0 saturated heterocycles. The first-order valence-electron chi connectivity index (χ1n) is 4.25. The molecule has 0 saturated carbocycles. The van der Waals surface area contributed by atoms with Crippen molar-refractivity contribution in [3.8, 4) is 5.75 Å². The summed E-state index contributed by atoms with van der Waals surface area (Å²) >= 11 is 5.54. The quantitative estimate of drug-likeness (QED) is 0.592. The first-order chi connectivity index (χ1) is 7.11. The fraction of sp³-hybridized carbons (Fsp3) is 0.300. The molecule has 1 rings (SSSR count). The Hall–Kier alpha value is -1.16. The summed E-state index contributed by atoms with van der Waals surface area (Å²) in [6, 6.07) is 1.16. The smallest absolute Gasteiger partial charge is 0.192 e. The number of rotatable bonds is 4. The standard InChI is InChI=1S/C10H9ClF2O2/c1-15-10-8(12)6(3-2-4-14)5-7(11)9(10)13/h4-5H,2-3H2,1H3. The minimum atomic E-state index is -0.925. The van der Waals surface area contributed by atoms with E-state index in [0.29, 0.717) is 6.29 Å². The number of hydrogen-bond donors (Lipinski definition) is 0. The lowest BCUT2D eigenvalue weighted by molar-refractivity contribution is -0.107. The van der Waals surface area contributed by atoms with Crippen LogP contribution >= 0.6 is 11.6 Å². The fourth-order valence-electron chi connectivity index (χ4n) is 1.21. The van der Waals surface area contributed by atoms with Gasteiger partial charge in [-0.05, 0) is 18.1 Å². The van der Waals surface area contributed by atoms with Crippen molar-refractivity contribution >= 4 is 17.9 Å². The SMILES string of the molecule is COc1c(F)c(Cl)cc(CCC=O)c1F. The van der Waals surface area contributed by atoms with Crippen molar-refractivity contribution in [2.45, 2.75) is 12.8 Å². The molecule has 0 aliphatic heterocycles. The van der Waals surface area contributed by atoms with Crippen LogP contribution in [-0.4, -0.2) is 13.4 Å². The van der Waals surface area contributed by atoms with Gasteiger partial charge in [0, 0.05) is 6.42 Å². The molecule has 0 atom stereocenters. The van der Waals surface area contributed by atoms with E-state index in [-0.39, 0.29) is 23.4 Å². The molecule has 0 amide bonds. The molecular formula is C10H9ClF2O2. The summed E-state index contributed by atoms with van der Waals surface area (Å²) in [5.74, 6) is -2.24. The number of hydrogen-bond acceptors (Lipinski definition) is 2. The summed E-state index contributed by atoms with van der Waals surface area (Å²) in [5, 5.41) is -0.214. The lowest BCUT2D eigenvalue weighted by Crippen LogP contribution is -1.99. The Bertz CT molecular complexity index is 380. The lowest BCUT2D eigenvalue weighted by Gasteiger charge is -2.08. The second kappa shape index (κ2) is 5.07. The number of benzene rings is 1. The molecule has 0 fully saturated rings. The van der Waals surface area contributed by atoms with E-state index in [1.54, 1.807) is 0 Å².